The molecule has 0 aliphatic carbocycles. The van der Waals surface area contributed by atoms with Gasteiger partial charge in [0, 0.05) is 13.0 Å². The second kappa shape index (κ2) is 6.90. The van der Waals surface area contributed by atoms with Crippen molar-refractivity contribution >= 4 is 12.0 Å². The molecular formula is C13H22N2O3. The van der Waals surface area contributed by atoms with Crippen molar-refractivity contribution in [2.24, 2.45) is 11.3 Å². The molecule has 0 aliphatic rings. The van der Waals surface area contributed by atoms with Crippen molar-refractivity contribution in [1.29, 1.82) is 0 Å². The van der Waals surface area contributed by atoms with Crippen molar-refractivity contribution in [2.45, 2.75) is 40.2 Å². The third-order valence-corrected chi connectivity index (χ3v) is 3.19. The zero-order valence-corrected chi connectivity index (χ0v) is 11.4. The van der Waals surface area contributed by atoms with Gasteiger partial charge in [0.25, 0.3) is 0 Å². The van der Waals surface area contributed by atoms with Crippen molar-refractivity contribution in [3.05, 3.63) is 0 Å². The van der Waals surface area contributed by atoms with Crippen LogP contribution in [0, 0.1) is 23.7 Å². The normalized spacial score (nSPS) is 12.7. The van der Waals surface area contributed by atoms with Crippen LogP contribution in [0.2, 0.25) is 0 Å². The number of carbonyl (C=O) groups excluding carboxylic acids is 1. The maximum atomic E-state index is 11.5. The van der Waals surface area contributed by atoms with Crippen molar-refractivity contribution < 1.29 is 14.7 Å². The van der Waals surface area contributed by atoms with Gasteiger partial charge in [-0.25, -0.2) is 9.59 Å². The summed E-state index contributed by atoms with van der Waals surface area (Å²) in [4.78, 5) is 22.3. The molecule has 3 N–H and O–H groups in total. The van der Waals surface area contributed by atoms with E-state index in [9.17, 15) is 9.59 Å². The Kier molecular flexibility index (Phi) is 6.24. The molecule has 0 spiro atoms. The van der Waals surface area contributed by atoms with Gasteiger partial charge in [-0.15, -0.1) is 12.3 Å². The summed E-state index contributed by atoms with van der Waals surface area (Å²) >= 11 is 0. The molecule has 0 aromatic rings. The molecule has 1 atom stereocenters. The number of carbonyl (C=O) groups is 2. The first-order chi connectivity index (χ1) is 8.20. The highest BCUT2D eigenvalue weighted by molar-refractivity contribution is 5.82. The van der Waals surface area contributed by atoms with Crippen molar-refractivity contribution in [3.8, 4) is 12.3 Å². The molecule has 0 aromatic carbocycles. The van der Waals surface area contributed by atoms with Crippen LogP contribution in [0.3, 0.4) is 0 Å². The second-order valence-corrected chi connectivity index (χ2v) is 5.27. The highest BCUT2D eigenvalue weighted by Gasteiger charge is 2.24. The molecule has 0 radical (unpaired) electrons. The molecule has 1 unspecified atom stereocenters. The fraction of sp³-hybridized carbons (Fsp3) is 0.692. The van der Waals surface area contributed by atoms with E-state index in [0.29, 0.717) is 12.5 Å². The highest BCUT2D eigenvalue weighted by Crippen LogP contribution is 2.24. The van der Waals surface area contributed by atoms with Gasteiger partial charge in [-0.2, -0.15) is 0 Å². The standard InChI is InChI=1S/C13H22N2O3/c1-6-7-10(11(16)17)15-12(18)14-8-13(4,5)9(2)3/h1,9-10H,7-8H2,2-5H3,(H,16,17)(H2,14,15,18). The van der Waals surface area contributed by atoms with Gasteiger partial charge in [0.2, 0.25) is 0 Å². The third kappa shape index (κ3) is 5.58. The summed E-state index contributed by atoms with van der Waals surface area (Å²) in [5.74, 6) is 1.49. The highest BCUT2D eigenvalue weighted by atomic mass is 16.4. The van der Waals surface area contributed by atoms with Gasteiger partial charge in [0.05, 0.1) is 0 Å². The molecule has 18 heavy (non-hydrogen) atoms. The van der Waals surface area contributed by atoms with Gasteiger partial charge in [-0.3, -0.25) is 0 Å². The molecule has 0 saturated heterocycles. The Morgan fingerprint density at radius 1 is 1.39 bits per heavy atom. The predicted molar refractivity (Wildman–Crippen MR) is 70.0 cm³/mol. The fourth-order valence-corrected chi connectivity index (χ4v) is 1.04. The lowest BCUT2D eigenvalue weighted by Gasteiger charge is -2.29. The summed E-state index contributed by atoms with van der Waals surface area (Å²) in [6.45, 7) is 8.68. The zero-order valence-electron chi connectivity index (χ0n) is 11.4. The van der Waals surface area contributed by atoms with Crippen molar-refractivity contribution in [3.63, 3.8) is 0 Å². The van der Waals surface area contributed by atoms with Crippen LogP contribution < -0.4 is 10.6 Å². The molecule has 0 heterocycles. The molecular weight excluding hydrogens is 232 g/mol. The van der Waals surface area contributed by atoms with Crippen LogP contribution in [0.1, 0.15) is 34.1 Å². The Hall–Kier alpha value is -1.70. The fourth-order valence-electron chi connectivity index (χ4n) is 1.04. The van der Waals surface area contributed by atoms with Gasteiger partial charge in [0.1, 0.15) is 6.04 Å². The summed E-state index contributed by atoms with van der Waals surface area (Å²) < 4.78 is 0. The summed E-state index contributed by atoms with van der Waals surface area (Å²) in [6.07, 6.45) is 5.01. The zero-order chi connectivity index (χ0) is 14.3. The van der Waals surface area contributed by atoms with E-state index in [-0.39, 0.29) is 11.8 Å². The van der Waals surface area contributed by atoms with E-state index in [1.54, 1.807) is 0 Å². The number of nitrogens with one attached hydrogen (secondary N) is 2. The average molecular weight is 254 g/mol. The Balaban J connectivity index is 4.27. The number of urea groups is 1. The maximum absolute atomic E-state index is 11.5. The number of aliphatic carboxylic acids is 1. The first kappa shape index (κ1) is 16.3. The Bertz CT molecular complexity index is 343. The molecule has 0 aliphatic heterocycles. The van der Waals surface area contributed by atoms with E-state index < -0.39 is 18.0 Å². The summed E-state index contributed by atoms with van der Waals surface area (Å²) in [7, 11) is 0. The van der Waals surface area contributed by atoms with Crippen LogP contribution >= 0.6 is 0 Å². The smallest absolute Gasteiger partial charge is 0.327 e. The Morgan fingerprint density at radius 3 is 2.33 bits per heavy atom. The second-order valence-electron chi connectivity index (χ2n) is 5.27. The summed E-state index contributed by atoms with van der Waals surface area (Å²) in [5, 5.41) is 13.8. The van der Waals surface area contributed by atoms with Crippen molar-refractivity contribution in [1.82, 2.24) is 10.6 Å². The number of carboxylic acids is 1. The minimum atomic E-state index is -1.13. The van der Waals surface area contributed by atoms with Crippen LogP contribution in [-0.4, -0.2) is 29.7 Å². The number of terminal acetylenes is 1. The minimum Gasteiger partial charge on any atom is -0.480 e. The third-order valence-electron chi connectivity index (χ3n) is 3.19. The van der Waals surface area contributed by atoms with Gasteiger partial charge < -0.3 is 15.7 Å². The monoisotopic (exact) mass is 254 g/mol. The Morgan fingerprint density at radius 2 is 1.94 bits per heavy atom. The molecule has 0 aromatic heterocycles. The van der Waals surface area contributed by atoms with E-state index in [2.05, 4.69) is 30.4 Å². The topological polar surface area (TPSA) is 78.4 Å². The van der Waals surface area contributed by atoms with Crippen LogP contribution in [-0.2, 0) is 4.79 Å². The minimum absolute atomic E-state index is 0.0314. The van der Waals surface area contributed by atoms with E-state index in [0.717, 1.165) is 0 Å². The average Bonchev–Trinajstić information content (AvgIpc) is 2.25. The molecule has 0 rings (SSSR count). The largest absolute Gasteiger partial charge is 0.480 e. The lowest BCUT2D eigenvalue weighted by molar-refractivity contribution is -0.139. The van der Waals surface area contributed by atoms with E-state index in [4.69, 9.17) is 11.5 Å². The molecule has 5 heteroatoms. The van der Waals surface area contributed by atoms with E-state index >= 15 is 0 Å². The van der Waals surface area contributed by atoms with Crippen LogP contribution in [0.15, 0.2) is 0 Å². The number of carboxylic acid groups (broad SMARTS) is 1. The SMILES string of the molecule is C#CCC(NC(=O)NCC(C)(C)C(C)C)C(=O)O. The van der Waals surface area contributed by atoms with Gasteiger partial charge in [0.15, 0.2) is 0 Å². The van der Waals surface area contributed by atoms with Crippen LogP contribution in [0.25, 0.3) is 0 Å². The lowest BCUT2D eigenvalue weighted by atomic mass is 9.81. The summed E-state index contributed by atoms with van der Waals surface area (Å²) in [5.41, 5.74) is -0.0534. The molecule has 0 bridgehead atoms. The molecule has 102 valence electrons. The van der Waals surface area contributed by atoms with E-state index in [1.807, 2.05) is 13.8 Å². The first-order valence-electron chi connectivity index (χ1n) is 5.91. The lowest BCUT2D eigenvalue weighted by Crippen LogP contribution is -2.48. The molecule has 0 fully saturated rings. The van der Waals surface area contributed by atoms with Crippen molar-refractivity contribution in [2.75, 3.05) is 6.54 Å². The number of rotatable bonds is 6. The predicted octanol–water partition coefficient (Wildman–Crippen LogP) is 1.44. The quantitative estimate of drug-likeness (QED) is 0.628. The summed E-state index contributed by atoms with van der Waals surface area (Å²) in [6, 6.07) is -1.55. The van der Waals surface area contributed by atoms with Gasteiger partial charge in [-0.1, -0.05) is 27.7 Å². The Labute approximate surface area is 108 Å². The molecule has 5 nitrogen and oxygen atoms in total. The first-order valence-corrected chi connectivity index (χ1v) is 5.91. The number of amides is 2. The van der Waals surface area contributed by atoms with Crippen LogP contribution in [0.4, 0.5) is 4.79 Å². The molecule has 2 amide bonds. The maximum Gasteiger partial charge on any atom is 0.327 e. The van der Waals surface area contributed by atoms with E-state index in [1.165, 1.54) is 0 Å². The number of hydrogen-bond acceptors (Lipinski definition) is 2. The van der Waals surface area contributed by atoms with Crippen LogP contribution in [0.5, 0.6) is 0 Å². The van der Waals surface area contributed by atoms with Gasteiger partial charge in [-0.05, 0) is 11.3 Å². The molecule has 0 saturated carbocycles. The number of hydrogen-bond donors (Lipinski definition) is 3. The van der Waals surface area contributed by atoms with Gasteiger partial charge >= 0.3 is 12.0 Å².